The molecule has 0 amide bonds. The van der Waals surface area contributed by atoms with Crippen LogP contribution in [0.2, 0.25) is 0 Å². The van der Waals surface area contributed by atoms with Crippen LogP contribution in [0.4, 0.5) is 0 Å². The van der Waals surface area contributed by atoms with Gasteiger partial charge >= 0.3 is 0 Å². The fraction of sp³-hybridized carbons (Fsp3) is 1.00. The van der Waals surface area contributed by atoms with Crippen LogP contribution in [0.3, 0.4) is 0 Å². The van der Waals surface area contributed by atoms with E-state index in [1.54, 1.807) is 0 Å². The van der Waals surface area contributed by atoms with Crippen molar-refractivity contribution in [3.63, 3.8) is 0 Å². The number of ether oxygens (including phenoxy) is 3. The zero-order chi connectivity index (χ0) is 24.4. The smallest absolute Gasteiger partial charge is 0.0547 e. The van der Waals surface area contributed by atoms with E-state index >= 15 is 0 Å². The van der Waals surface area contributed by atoms with E-state index in [9.17, 15) is 0 Å². The van der Waals surface area contributed by atoms with Gasteiger partial charge in [-0.25, -0.2) is 0 Å². The first-order valence-corrected chi connectivity index (χ1v) is 14.0. The second kappa shape index (κ2) is 20.3. The van der Waals surface area contributed by atoms with Crippen molar-refractivity contribution in [2.45, 2.75) is 132 Å². The average Bonchev–Trinajstić information content (AvgIpc) is 2.79. The second-order valence-corrected chi connectivity index (χ2v) is 11.2. The van der Waals surface area contributed by atoms with E-state index in [0.717, 1.165) is 56.0 Å². The Bertz CT molecular complexity index is 293. The molecule has 1 saturated carbocycles. The lowest BCUT2D eigenvalue weighted by Crippen LogP contribution is -2.21. The minimum atomic E-state index is 0.520. The zero-order valence-corrected chi connectivity index (χ0v) is 23.5. The maximum Gasteiger partial charge on any atom is 0.0547 e. The molecule has 3 fully saturated rings. The molecule has 2 aliphatic heterocycles. The van der Waals surface area contributed by atoms with Gasteiger partial charge in [-0.1, -0.05) is 73.6 Å². The maximum absolute atomic E-state index is 5.39. The molecule has 3 aliphatic rings. The molecular formula is C29H60O3. The molecule has 2 saturated heterocycles. The van der Waals surface area contributed by atoms with Gasteiger partial charge < -0.3 is 14.2 Å². The van der Waals surface area contributed by atoms with Gasteiger partial charge in [0.05, 0.1) is 12.2 Å². The summed E-state index contributed by atoms with van der Waals surface area (Å²) >= 11 is 0. The summed E-state index contributed by atoms with van der Waals surface area (Å²) < 4.78 is 16.0. The molecule has 32 heavy (non-hydrogen) atoms. The molecule has 0 N–H and O–H groups in total. The molecule has 5 unspecified atom stereocenters. The maximum atomic E-state index is 5.39. The van der Waals surface area contributed by atoms with E-state index in [-0.39, 0.29) is 0 Å². The Balaban J connectivity index is 0.000000400. The average molecular weight is 457 g/mol. The fourth-order valence-electron chi connectivity index (χ4n) is 3.89. The monoisotopic (exact) mass is 456 g/mol. The van der Waals surface area contributed by atoms with Crippen molar-refractivity contribution in [1.82, 2.24) is 0 Å². The molecule has 3 heteroatoms. The van der Waals surface area contributed by atoms with Gasteiger partial charge in [-0.05, 0) is 76.0 Å². The normalized spacial score (nSPS) is 33.3. The van der Waals surface area contributed by atoms with E-state index in [1.165, 1.54) is 57.8 Å². The van der Waals surface area contributed by atoms with Gasteiger partial charge in [0, 0.05) is 26.4 Å². The molecule has 0 spiro atoms. The highest BCUT2D eigenvalue weighted by Crippen LogP contribution is 2.27. The standard InChI is InChI=1S/C8H16.2C7H14O.C7H16O/c1-7-3-5-8(2)6-4-7;2*1-6-3-4-7(2)8-5-6;1-4-7(3)6-8-5-2/h7-8H,3-6H2,1-2H3;2*6-7H,3-5H2,1-2H3;7H,4-6H2,1-3H3. The largest absolute Gasteiger partial charge is 0.381 e. The molecule has 1 aliphatic carbocycles. The lowest BCUT2D eigenvalue weighted by molar-refractivity contribution is 0.000174. The van der Waals surface area contributed by atoms with Gasteiger partial charge in [0.25, 0.3) is 0 Å². The van der Waals surface area contributed by atoms with Gasteiger partial charge in [-0.15, -0.1) is 0 Å². The third-order valence-corrected chi connectivity index (χ3v) is 7.07. The number of hydrogen-bond donors (Lipinski definition) is 0. The minimum absolute atomic E-state index is 0.520. The summed E-state index contributed by atoms with van der Waals surface area (Å²) in [5, 5.41) is 0. The molecule has 194 valence electrons. The first-order chi connectivity index (χ1) is 15.2. The molecule has 3 nitrogen and oxygen atoms in total. The molecule has 5 atom stereocenters. The molecule has 0 aromatic carbocycles. The molecule has 0 radical (unpaired) electrons. The lowest BCUT2D eigenvalue weighted by atomic mass is 9.84. The van der Waals surface area contributed by atoms with Crippen LogP contribution in [0.25, 0.3) is 0 Å². The van der Waals surface area contributed by atoms with Crippen LogP contribution in [0.15, 0.2) is 0 Å². The zero-order valence-electron chi connectivity index (χ0n) is 23.5. The van der Waals surface area contributed by atoms with Crippen molar-refractivity contribution in [2.75, 3.05) is 26.4 Å². The highest BCUT2D eigenvalue weighted by atomic mass is 16.5. The van der Waals surface area contributed by atoms with Crippen molar-refractivity contribution in [3.8, 4) is 0 Å². The summed E-state index contributed by atoms with van der Waals surface area (Å²) in [4.78, 5) is 0. The highest BCUT2D eigenvalue weighted by Gasteiger charge is 2.14. The van der Waals surface area contributed by atoms with E-state index < -0.39 is 0 Å². The first-order valence-electron chi connectivity index (χ1n) is 14.0. The van der Waals surface area contributed by atoms with Gasteiger partial charge in [-0.2, -0.15) is 0 Å². The summed E-state index contributed by atoms with van der Waals surface area (Å²) in [6, 6.07) is 0. The Morgan fingerprint density at radius 1 is 0.625 bits per heavy atom. The predicted octanol–water partition coefficient (Wildman–Crippen LogP) is 8.54. The van der Waals surface area contributed by atoms with Crippen LogP contribution in [0.5, 0.6) is 0 Å². The number of hydrogen-bond acceptors (Lipinski definition) is 3. The summed E-state index contributed by atoms with van der Waals surface area (Å²) in [6.07, 6.45) is 13.4. The first kappa shape index (κ1) is 31.9. The topological polar surface area (TPSA) is 27.7 Å². The van der Waals surface area contributed by atoms with E-state index in [0.29, 0.717) is 12.2 Å². The Morgan fingerprint density at radius 3 is 1.25 bits per heavy atom. The third kappa shape index (κ3) is 19.4. The molecule has 3 rings (SSSR count). The summed E-state index contributed by atoms with van der Waals surface area (Å²) in [6.45, 7) is 23.6. The SMILES string of the molecule is CC1CCC(C)CC1.CC1CCC(C)OC1.CC1CCC(C)OC1.CCOCC(C)CC. The van der Waals surface area contributed by atoms with E-state index in [2.05, 4.69) is 55.4 Å². The Morgan fingerprint density at radius 2 is 1.00 bits per heavy atom. The summed E-state index contributed by atoms with van der Waals surface area (Å²) in [5.74, 6) is 4.37. The van der Waals surface area contributed by atoms with Crippen LogP contribution in [-0.4, -0.2) is 38.6 Å². The van der Waals surface area contributed by atoms with Crippen molar-refractivity contribution < 1.29 is 14.2 Å². The summed E-state index contributed by atoms with van der Waals surface area (Å²) in [5.41, 5.74) is 0. The summed E-state index contributed by atoms with van der Waals surface area (Å²) in [7, 11) is 0. The van der Waals surface area contributed by atoms with Gasteiger partial charge in [0.2, 0.25) is 0 Å². The van der Waals surface area contributed by atoms with E-state index in [1.807, 2.05) is 6.92 Å². The highest BCUT2D eigenvalue weighted by molar-refractivity contribution is 4.66. The molecule has 0 aromatic heterocycles. The molecule has 2 heterocycles. The lowest BCUT2D eigenvalue weighted by Gasteiger charge is -2.23. The van der Waals surface area contributed by atoms with Crippen molar-refractivity contribution in [1.29, 1.82) is 0 Å². The van der Waals surface area contributed by atoms with Crippen molar-refractivity contribution in [3.05, 3.63) is 0 Å². The van der Waals surface area contributed by atoms with Gasteiger partial charge in [0.15, 0.2) is 0 Å². The Kier molecular flexibility index (Phi) is 20.2. The fourth-order valence-corrected chi connectivity index (χ4v) is 3.89. The quantitative estimate of drug-likeness (QED) is 0.424. The number of rotatable bonds is 4. The van der Waals surface area contributed by atoms with Gasteiger partial charge in [-0.3, -0.25) is 0 Å². The van der Waals surface area contributed by atoms with Crippen LogP contribution in [0, 0.1) is 29.6 Å². The van der Waals surface area contributed by atoms with E-state index in [4.69, 9.17) is 14.2 Å². The van der Waals surface area contributed by atoms with Crippen LogP contribution < -0.4 is 0 Å². The Labute approximate surface area is 202 Å². The third-order valence-electron chi connectivity index (χ3n) is 7.07. The molecule has 0 aromatic rings. The van der Waals surface area contributed by atoms with Crippen molar-refractivity contribution in [2.24, 2.45) is 29.6 Å². The molecule has 0 bridgehead atoms. The second-order valence-electron chi connectivity index (χ2n) is 11.2. The predicted molar refractivity (Wildman–Crippen MR) is 140 cm³/mol. The Hall–Kier alpha value is -0.120. The molecular weight excluding hydrogens is 396 g/mol. The van der Waals surface area contributed by atoms with Crippen molar-refractivity contribution >= 4 is 0 Å². The minimum Gasteiger partial charge on any atom is -0.381 e. The van der Waals surface area contributed by atoms with Crippen LogP contribution in [0.1, 0.15) is 120 Å². The van der Waals surface area contributed by atoms with Crippen LogP contribution >= 0.6 is 0 Å². The van der Waals surface area contributed by atoms with Crippen LogP contribution in [-0.2, 0) is 14.2 Å². The van der Waals surface area contributed by atoms with Gasteiger partial charge in [0.1, 0.15) is 0 Å².